The molecule has 4 N–H and O–H groups in total. The normalized spacial score (nSPS) is 13.6. The fraction of sp³-hybridized carbons (Fsp3) is 0.182. The van der Waals surface area contributed by atoms with E-state index < -0.39 is 35.7 Å². The Labute approximate surface area is 170 Å². The molecule has 2 atom stereocenters. The lowest BCUT2D eigenvalue weighted by atomic mass is 10.0. The summed E-state index contributed by atoms with van der Waals surface area (Å²) in [7, 11) is 0. The summed E-state index contributed by atoms with van der Waals surface area (Å²) in [6.45, 7) is 0. The van der Waals surface area contributed by atoms with Crippen molar-refractivity contribution in [3.63, 3.8) is 0 Å². The number of hydrogen-bond donors (Lipinski definition) is 3. The highest BCUT2D eigenvalue weighted by Crippen LogP contribution is 2.30. The second kappa shape index (κ2) is 8.54. The van der Waals surface area contributed by atoms with E-state index >= 15 is 0 Å². The van der Waals surface area contributed by atoms with Gasteiger partial charge in [-0.2, -0.15) is 13.2 Å². The molecule has 0 fully saturated rings. The van der Waals surface area contributed by atoms with Gasteiger partial charge in [-0.3, -0.25) is 9.59 Å². The van der Waals surface area contributed by atoms with Gasteiger partial charge < -0.3 is 16.2 Å². The minimum absolute atomic E-state index is 0.0329. The fourth-order valence-electron chi connectivity index (χ4n) is 3.08. The van der Waals surface area contributed by atoms with Gasteiger partial charge in [0.1, 0.15) is 6.04 Å². The second-order valence-electron chi connectivity index (χ2n) is 6.87. The molecular weight excluding hydrogens is 397 g/mol. The van der Waals surface area contributed by atoms with Gasteiger partial charge in [0.2, 0.25) is 5.91 Å². The maximum absolute atomic E-state index is 12.7. The van der Waals surface area contributed by atoms with Crippen LogP contribution in [0.1, 0.15) is 22.8 Å². The standard InChI is InChI=1S/C22H19F3N2O3/c23-22(24,25)17-9-7-15(8-10-17)19(28)21(30)27-18(20(26)29)12-13-5-6-14-3-1-2-4-16(14)11-13/h1-11,18-19,28H,12H2,(H2,26,29)(H,27,30)/t18-,19+/m1/s1. The van der Waals surface area contributed by atoms with Crippen LogP contribution in [0.3, 0.4) is 0 Å². The molecule has 2 amide bonds. The van der Waals surface area contributed by atoms with Crippen molar-refractivity contribution in [2.45, 2.75) is 24.7 Å². The first kappa shape index (κ1) is 21.3. The third kappa shape index (κ3) is 4.96. The van der Waals surface area contributed by atoms with Crippen molar-refractivity contribution in [2.75, 3.05) is 0 Å². The molecule has 0 spiro atoms. The van der Waals surface area contributed by atoms with Crippen molar-refractivity contribution in [1.82, 2.24) is 5.32 Å². The predicted molar refractivity (Wildman–Crippen MR) is 105 cm³/mol. The molecule has 0 saturated carbocycles. The van der Waals surface area contributed by atoms with E-state index in [-0.39, 0.29) is 12.0 Å². The molecule has 3 rings (SSSR count). The highest BCUT2D eigenvalue weighted by atomic mass is 19.4. The fourth-order valence-corrected chi connectivity index (χ4v) is 3.08. The Kier molecular flexibility index (Phi) is 6.07. The molecule has 0 aromatic heterocycles. The van der Waals surface area contributed by atoms with Crippen molar-refractivity contribution in [1.29, 1.82) is 0 Å². The van der Waals surface area contributed by atoms with Crippen LogP contribution in [0.15, 0.2) is 66.7 Å². The number of carbonyl (C=O) groups excluding carboxylic acids is 2. The molecule has 8 heteroatoms. The minimum Gasteiger partial charge on any atom is -0.378 e. The Morgan fingerprint density at radius 2 is 1.60 bits per heavy atom. The quantitative estimate of drug-likeness (QED) is 0.577. The van der Waals surface area contributed by atoms with Crippen LogP contribution in [0.5, 0.6) is 0 Å². The molecule has 0 bridgehead atoms. The van der Waals surface area contributed by atoms with E-state index in [2.05, 4.69) is 5.32 Å². The van der Waals surface area contributed by atoms with Gasteiger partial charge in [0, 0.05) is 6.42 Å². The number of carbonyl (C=O) groups is 2. The van der Waals surface area contributed by atoms with Crippen molar-refractivity contribution in [3.8, 4) is 0 Å². The van der Waals surface area contributed by atoms with E-state index in [9.17, 15) is 27.9 Å². The summed E-state index contributed by atoms with van der Waals surface area (Å²) in [6.07, 6.45) is -6.17. The molecule has 3 aromatic carbocycles. The van der Waals surface area contributed by atoms with Crippen molar-refractivity contribution in [3.05, 3.63) is 83.4 Å². The van der Waals surface area contributed by atoms with E-state index in [4.69, 9.17) is 5.73 Å². The molecule has 5 nitrogen and oxygen atoms in total. The first-order chi connectivity index (χ1) is 14.1. The smallest absolute Gasteiger partial charge is 0.378 e. The zero-order chi connectivity index (χ0) is 21.9. The number of fused-ring (bicyclic) bond motifs is 1. The summed E-state index contributed by atoms with van der Waals surface area (Å²) >= 11 is 0. The molecular formula is C22H19F3N2O3. The molecule has 3 aromatic rings. The van der Waals surface area contributed by atoms with Gasteiger partial charge in [0.05, 0.1) is 5.56 Å². The average Bonchev–Trinajstić information content (AvgIpc) is 2.72. The number of benzene rings is 3. The maximum Gasteiger partial charge on any atom is 0.416 e. The number of hydrogen-bond acceptors (Lipinski definition) is 3. The number of halogens is 3. The lowest BCUT2D eigenvalue weighted by molar-refractivity contribution is -0.137. The number of amides is 2. The number of primary amides is 1. The van der Waals surface area contributed by atoms with E-state index in [1.54, 1.807) is 6.07 Å². The number of nitrogens with two attached hydrogens (primary N) is 1. The van der Waals surface area contributed by atoms with Crippen LogP contribution in [0, 0.1) is 0 Å². The Bertz CT molecular complexity index is 1070. The van der Waals surface area contributed by atoms with E-state index in [1.165, 1.54) is 0 Å². The second-order valence-corrected chi connectivity index (χ2v) is 6.87. The number of aliphatic hydroxyl groups is 1. The van der Waals surface area contributed by atoms with Gasteiger partial charge in [0.25, 0.3) is 5.91 Å². The Balaban J connectivity index is 1.72. The number of nitrogens with one attached hydrogen (secondary N) is 1. The molecule has 156 valence electrons. The number of rotatable bonds is 6. The minimum atomic E-state index is -4.53. The molecule has 0 aliphatic carbocycles. The molecule has 0 unspecified atom stereocenters. The summed E-state index contributed by atoms with van der Waals surface area (Å²) in [5.74, 6) is -1.73. The van der Waals surface area contributed by atoms with Crippen LogP contribution in [0.25, 0.3) is 10.8 Å². The SMILES string of the molecule is NC(=O)[C@@H](Cc1ccc2ccccc2c1)NC(=O)[C@@H](O)c1ccc(C(F)(F)F)cc1. The molecule has 0 aliphatic heterocycles. The van der Waals surface area contributed by atoms with Gasteiger partial charge in [-0.1, -0.05) is 54.6 Å². The molecule has 0 radical (unpaired) electrons. The van der Waals surface area contributed by atoms with E-state index in [1.807, 2.05) is 36.4 Å². The first-order valence-electron chi connectivity index (χ1n) is 9.08. The summed E-state index contributed by atoms with van der Waals surface area (Å²) in [5, 5.41) is 14.5. The Morgan fingerprint density at radius 3 is 2.20 bits per heavy atom. The van der Waals surface area contributed by atoms with Gasteiger partial charge in [0.15, 0.2) is 6.10 Å². The van der Waals surface area contributed by atoms with E-state index in [0.29, 0.717) is 0 Å². The Hall–Kier alpha value is -3.39. The molecule has 0 saturated heterocycles. The van der Waals surface area contributed by atoms with Gasteiger partial charge >= 0.3 is 6.18 Å². The first-order valence-corrected chi connectivity index (χ1v) is 9.08. The lowest BCUT2D eigenvalue weighted by Crippen LogP contribution is -2.47. The van der Waals surface area contributed by atoms with Crippen molar-refractivity contribution < 1.29 is 27.9 Å². The van der Waals surface area contributed by atoms with Gasteiger partial charge in [-0.05, 0) is 34.0 Å². The summed E-state index contributed by atoms with van der Waals surface area (Å²) in [6, 6.07) is 15.6. The molecule has 30 heavy (non-hydrogen) atoms. The largest absolute Gasteiger partial charge is 0.416 e. The lowest BCUT2D eigenvalue weighted by Gasteiger charge is -2.19. The number of aliphatic hydroxyl groups excluding tert-OH is 1. The zero-order valence-electron chi connectivity index (χ0n) is 15.7. The third-order valence-corrected chi connectivity index (χ3v) is 4.72. The molecule has 0 aliphatic rings. The Morgan fingerprint density at radius 1 is 0.967 bits per heavy atom. The van der Waals surface area contributed by atoms with Crippen LogP contribution < -0.4 is 11.1 Å². The van der Waals surface area contributed by atoms with Crippen LogP contribution in [-0.4, -0.2) is 23.0 Å². The van der Waals surface area contributed by atoms with Crippen molar-refractivity contribution in [2.24, 2.45) is 5.73 Å². The van der Waals surface area contributed by atoms with Crippen LogP contribution in [0.2, 0.25) is 0 Å². The summed E-state index contributed by atoms with van der Waals surface area (Å²) < 4.78 is 38.0. The monoisotopic (exact) mass is 416 g/mol. The van der Waals surface area contributed by atoms with Gasteiger partial charge in [-0.15, -0.1) is 0 Å². The van der Waals surface area contributed by atoms with E-state index in [0.717, 1.165) is 40.6 Å². The van der Waals surface area contributed by atoms with Crippen LogP contribution in [-0.2, 0) is 22.2 Å². The van der Waals surface area contributed by atoms with Gasteiger partial charge in [-0.25, -0.2) is 0 Å². The predicted octanol–water partition coefficient (Wildman–Crippen LogP) is 3.10. The highest BCUT2D eigenvalue weighted by molar-refractivity contribution is 5.89. The number of alkyl halides is 3. The summed E-state index contributed by atoms with van der Waals surface area (Å²) in [4.78, 5) is 24.2. The zero-order valence-corrected chi connectivity index (χ0v) is 15.7. The third-order valence-electron chi connectivity index (χ3n) is 4.72. The van der Waals surface area contributed by atoms with Crippen molar-refractivity contribution >= 4 is 22.6 Å². The highest BCUT2D eigenvalue weighted by Gasteiger charge is 2.31. The molecule has 0 heterocycles. The summed E-state index contributed by atoms with van der Waals surface area (Å²) in [5.41, 5.74) is 5.21. The average molecular weight is 416 g/mol. The maximum atomic E-state index is 12.7. The topological polar surface area (TPSA) is 92.4 Å². The van der Waals surface area contributed by atoms with Crippen LogP contribution >= 0.6 is 0 Å². The van der Waals surface area contributed by atoms with Crippen LogP contribution in [0.4, 0.5) is 13.2 Å².